The van der Waals surface area contributed by atoms with Crippen molar-refractivity contribution in [3.05, 3.63) is 39.9 Å². The summed E-state index contributed by atoms with van der Waals surface area (Å²) < 4.78 is 0. The third kappa shape index (κ3) is 3.83. The maximum absolute atomic E-state index is 10.4. The highest BCUT2D eigenvalue weighted by molar-refractivity contribution is 5.85. The van der Waals surface area contributed by atoms with Crippen LogP contribution in [0.25, 0.3) is 0 Å². The number of non-ortho nitro benzene ring substituents is 1. The lowest BCUT2D eigenvalue weighted by Crippen LogP contribution is -2.16. The van der Waals surface area contributed by atoms with Crippen molar-refractivity contribution in [2.75, 3.05) is 13.6 Å². The van der Waals surface area contributed by atoms with Gasteiger partial charge in [0.05, 0.1) is 11.0 Å². The summed E-state index contributed by atoms with van der Waals surface area (Å²) in [5.41, 5.74) is 0.547. The topological polar surface area (TPSA) is 75.4 Å². The van der Waals surface area contributed by atoms with Gasteiger partial charge in [0.15, 0.2) is 0 Å². The molecule has 1 aromatic rings. The van der Waals surface area contributed by atoms with Crippen LogP contribution < -0.4 is 5.32 Å². The van der Waals surface area contributed by atoms with E-state index < -0.39 is 11.0 Å². The molecular formula is C9H13ClN2O3. The molecule has 0 bridgehead atoms. The molecule has 0 heterocycles. The highest BCUT2D eigenvalue weighted by Gasteiger charge is 2.10. The Labute approximate surface area is 93.7 Å². The van der Waals surface area contributed by atoms with Gasteiger partial charge in [-0.2, -0.15) is 0 Å². The zero-order chi connectivity index (χ0) is 10.6. The maximum atomic E-state index is 10.4. The molecule has 0 unspecified atom stereocenters. The average molecular weight is 233 g/mol. The Bertz CT molecular complexity index is 333. The van der Waals surface area contributed by atoms with Gasteiger partial charge in [-0.25, -0.2) is 0 Å². The predicted octanol–water partition coefficient (Wildman–Crippen LogP) is 1.27. The molecule has 0 radical (unpaired) electrons. The summed E-state index contributed by atoms with van der Waals surface area (Å²) in [6.45, 7) is 0.376. The van der Waals surface area contributed by atoms with E-state index in [-0.39, 0.29) is 18.1 Å². The fraction of sp³-hybridized carbons (Fsp3) is 0.333. The Kier molecular flexibility index (Phi) is 5.84. The number of nitro groups is 1. The number of halogens is 1. The van der Waals surface area contributed by atoms with Crippen LogP contribution in [0, 0.1) is 10.1 Å². The summed E-state index contributed by atoms with van der Waals surface area (Å²) in [4.78, 5) is 9.97. The first-order valence-electron chi connectivity index (χ1n) is 4.22. The van der Waals surface area contributed by atoms with Crippen molar-refractivity contribution >= 4 is 18.1 Å². The Morgan fingerprint density at radius 3 is 2.80 bits per heavy atom. The predicted molar refractivity (Wildman–Crippen MR) is 59.2 cm³/mol. The number of nitrogens with one attached hydrogen (secondary N) is 1. The van der Waals surface area contributed by atoms with Crippen molar-refractivity contribution in [1.29, 1.82) is 0 Å². The van der Waals surface area contributed by atoms with Gasteiger partial charge >= 0.3 is 0 Å². The number of benzene rings is 1. The zero-order valence-corrected chi connectivity index (χ0v) is 9.03. The van der Waals surface area contributed by atoms with Gasteiger partial charge in [-0.05, 0) is 12.6 Å². The van der Waals surface area contributed by atoms with Gasteiger partial charge in [0, 0.05) is 18.7 Å². The number of nitrogens with zero attached hydrogens (tertiary/aromatic N) is 1. The molecule has 0 aromatic heterocycles. The molecule has 0 spiro atoms. The van der Waals surface area contributed by atoms with E-state index in [1.165, 1.54) is 12.1 Å². The molecule has 0 aliphatic heterocycles. The molecule has 0 amide bonds. The minimum atomic E-state index is -0.708. The molecule has 1 atom stereocenters. The summed E-state index contributed by atoms with van der Waals surface area (Å²) >= 11 is 0. The molecule has 15 heavy (non-hydrogen) atoms. The van der Waals surface area contributed by atoms with E-state index >= 15 is 0 Å². The second-order valence-electron chi connectivity index (χ2n) is 2.93. The lowest BCUT2D eigenvalue weighted by Gasteiger charge is -2.09. The van der Waals surface area contributed by atoms with E-state index in [4.69, 9.17) is 0 Å². The number of nitro benzene ring substituents is 1. The molecular weight excluding hydrogens is 220 g/mol. The summed E-state index contributed by atoms with van der Waals surface area (Å²) in [6, 6.07) is 6.00. The molecule has 0 aliphatic carbocycles. The van der Waals surface area contributed by atoms with E-state index in [0.29, 0.717) is 12.1 Å². The molecule has 2 N–H and O–H groups in total. The molecule has 0 saturated heterocycles. The van der Waals surface area contributed by atoms with E-state index in [2.05, 4.69) is 5.32 Å². The Morgan fingerprint density at radius 1 is 1.60 bits per heavy atom. The minimum absolute atomic E-state index is 0. The Hall–Kier alpha value is -1.17. The number of likely N-dealkylation sites (N-methyl/N-ethyl adjacent to an activating group) is 1. The van der Waals surface area contributed by atoms with Crippen LogP contribution in [0.2, 0.25) is 0 Å². The van der Waals surface area contributed by atoms with Gasteiger partial charge in [-0.1, -0.05) is 12.1 Å². The third-order valence-corrected chi connectivity index (χ3v) is 1.86. The highest BCUT2D eigenvalue weighted by atomic mass is 35.5. The van der Waals surface area contributed by atoms with Crippen molar-refractivity contribution < 1.29 is 10.0 Å². The molecule has 84 valence electrons. The standard InChI is InChI=1S/C9H12N2O3.ClH/c1-10-6-9(12)7-3-2-4-8(5-7)11(13)14;/h2-5,9-10,12H,6H2,1H3;1H/t9-;/m0./s1. The summed E-state index contributed by atoms with van der Waals surface area (Å²) in [5.74, 6) is 0. The molecule has 1 aromatic carbocycles. The van der Waals surface area contributed by atoms with Gasteiger partial charge in [0.2, 0.25) is 0 Å². The lowest BCUT2D eigenvalue weighted by molar-refractivity contribution is -0.385. The van der Waals surface area contributed by atoms with Crippen LogP contribution in [0.5, 0.6) is 0 Å². The summed E-state index contributed by atoms with van der Waals surface area (Å²) in [6.07, 6.45) is -0.708. The van der Waals surface area contributed by atoms with Gasteiger partial charge in [-0.3, -0.25) is 10.1 Å². The lowest BCUT2D eigenvalue weighted by atomic mass is 10.1. The van der Waals surface area contributed by atoms with Gasteiger partial charge in [0.25, 0.3) is 5.69 Å². The first-order chi connectivity index (χ1) is 6.65. The van der Waals surface area contributed by atoms with Crippen LogP contribution in [-0.4, -0.2) is 23.6 Å². The average Bonchev–Trinajstić information content (AvgIpc) is 2.18. The molecule has 0 saturated carbocycles. The van der Waals surface area contributed by atoms with Crippen molar-refractivity contribution in [3.8, 4) is 0 Å². The third-order valence-electron chi connectivity index (χ3n) is 1.86. The van der Waals surface area contributed by atoms with E-state index in [0.717, 1.165) is 0 Å². The molecule has 5 nitrogen and oxygen atoms in total. The quantitative estimate of drug-likeness (QED) is 0.606. The minimum Gasteiger partial charge on any atom is -0.387 e. The number of aliphatic hydroxyl groups is 1. The normalized spacial score (nSPS) is 11.6. The second-order valence-corrected chi connectivity index (χ2v) is 2.93. The van der Waals surface area contributed by atoms with Gasteiger partial charge in [-0.15, -0.1) is 12.4 Å². The Balaban J connectivity index is 0.00000196. The van der Waals surface area contributed by atoms with Crippen LogP contribution in [0.15, 0.2) is 24.3 Å². The largest absolute Gasteiger partial charge is 0.387 e. The van der Waals surface area contributed by atoms with Crippen molar-refractivity contribution in [3.63, 3.8) is 0 Å². The van der Waals surface area contributed by atoms with Crippen molar-refractivity contribution in [1.82, 2.24) is 5.32 Å². The summed E-state index contributed by atoms with van der Waals surface area (Å²) in [7, 11) is 1.71. The monoisotopic (exact) mass is 232 g/mol. The number of hydrogen-bond donors (Lipinski definition) is 2. The van der Waals surface area contributed by atoms with E-state index in [1.807, 2.05) is 0 Å². The molecule has 1 rings (SSSR count). The molecule has 0 aliphatic rings. The van der Waals surface area contributed by atoms with Crippen LogP contribution >= 0.6 is 12.4 Å². The van der Waals surface area contributed by atoms with Crippen LogP contribution in [0.1, 0.15) is 11.7 Å². The van der Waals surface area contributed by atoms with Crippen LogP contribution in [0.4, 0.5) is 5.69 Å². The fourth-order valence-corrected chi connectivity index (χ4v) is 1.16. The van der Waals surface area contributed by atoms with Gasteiger partial charge in [0.1, 0.15) is 0 Å². The van der Waals surface area contributed by atoms with Crippen molar-refractivity contribution in [2.24, 2.45) is 0 Å². The van der Waals surface area contributed by atoms with E-state index in [9.17, 15) is 15.2 Å². The SMILES string of the molecule is CNC[C@H](O)c1cccc([N+](=O)[O-])c1.Cl. The first-order valence-corrected chi connectivity index (χ1v) is 4.22. The van der Waals surface area contributed by atoms with Crippen LogP contribution in [0.3, 0.4) is 0 Å². The fourth-order valence-electron chi connectivity index (χ4n) is 1.16. The van der Waals surface area contributed by atoms with Crippen LogP contribution in [-0.2, 0) is 0 Å². The van der Waals surface area contributed by atoms with Gasteiger partial charge < -0.3 is 10.4 Å². The maximum Gasteiger partial charge on any atom is 0.269 e. The number of hydrogen-bond acceptors (Lipinski definition) is 4. The van der Waals surface area contributed by atoms with E-state index in [1.54, 1.807) is 19.2 Å². The number of rotatable bonds is 4. The van der Waals surface area contributed by atoms with Crippen molar-refractivity contribution in [2.45, 2.75) is 6.10 Å². The second kappa shape index (κ2) is 6.34. The molecule has 0 fully saturated rings. The Morgan fingerprint density at radius 2 is 2.27 bits per heavy atom. The smallest absolute Gasteiger partial charge is 0.269 e. The first kappa shape index (κ1) is 13.8. The summed E-state index contributed by atoms with van der Waals surface area (Å²) in [5, 5.41) is 22.8. The molecule has 6 heteroatoms. The number of aliphatic hydroxyl groups excluding tert-OH is 1. The highest BCUT2D eigenvalue weighted by Crippen LogP contribution is 2.18. The zero-order valence-electron chi connectivity index (χ0n) is 8.21.